The average molecular weight is 335 g/mol. The van der Waals surface area contributed by atoms with E-state index in [1.165, 1.54) is 36.2 Å². The second kappa shape index (κ2) is 7.83. The van der Waals surface area contributed by atoms with E-state index >= 15 is 0 Å². The van der Waals surface area contributed by atoms with Crippen molar-refractivity contribution in [1.29, 1.82) is 0 Å². The Labute approximate surface area is 132 Å². The molecule has 0 radical (unpaired) electrons. The molecule has 1 saturated heterocycles. The van der Waals surface area contributed by atoms with Gasteiger partial charge in [-0.25, -0.2) is 12.7 Å². The molecular formula is C14H26N2O3S2. The van der Waals surface area contributed by atoms with Crippen molar-refractivity contribution in [3.63, 3.8) is 0 Å². The summed E-state index contributed by atoms with van der Waals surface area (Å²) < 4.78 is 24.5. The third-order valence-electron chi connectivity index (χ3n) is 4.28. The van der Waals surface area contributed by atoms with Crippen molar-refractivity contribution >= 4 is 27.7 Å². The molecule has 2 rings (SSSR count). The summed E-state index contributed by atoms with van der Waals surface area (Å²) in [6, 6.07) is 0. The highest BCUT2D eigenvalue weighted by Gasteiger charge is 2.29. The van der Waals surface area contributed by atoms with Crippen LogP contribution in [0.3, 0.4) is 0 Å². The maximum Gasteiger partial charge on any atom is 0.224 e. The van der Waals surface area contributed by atoms with Crippen LogP contribution >= 0.6 is 11.8 Å². The number of sulfonamides is 1. The lowest BCUT2D eigenvalue weighted by atomic mass is 9.99. The molecule has 1 aliphatic heterocycles. The zero-order valence-corrected chi connectivity index (χ0v) is 14.3. The third kappa shape index (κ3) is 5.45. The van der Waals surface area contributed by atoms with Crippen LogP contribution in [-0.2, 0) is 14.8 Å². The molecule has 1 unspecified atom stereocenters. The second-order valence-corrected chi connectivity index (χ2v) is 9.42. The number of hydrogen-bond acceptors (Lipinski definition) is 4. The van der Waals surface area contributed by atoms with Crippen molar-refractivity contribution in [2.24, 2.45) is 5.92 Å². The Morgan fingerprint density at radius 2 is 1.95 bits per heavy atom. The monoisotopic (exact) mass is 334 g/mol. The lowest BCUT2D eigenvalue weighted by molar-refractivity contribution is -0.125. The highest BCUT2D eigenvalue weighted by molar-refractivity contribution is 7.99. The van der Waals surface area contributed by atoms with Crippen molar-refractivity contribution in [3.05, 3.63) is 0 Å². The summed E-state index contributed by atoms with van der Waals surface area (Å²) in [5.74, 6) is 0.777. The van der Waals surface area contributed by atoms with Gasteiger partial charge in [0.15, 0.2) is 0 Å². The smallest absolute Gasteiger partial charge is 0.224 e. The lowest BCUT2D eigenvalue weighted by Crippen LogP contribution is -2.45. The number of carbonyl (C=O) groups is 1. The molecule has 2 aliphatic rings. The van der Waals surface area contributed by atoms with Gasteiger partial charge in [-0.3, -0.25) is 4.79 Å². The number of amides is 1. The van der Waals surface area contributed by atoms with E-state index in [4.69, 9.17) is 0 Å². The van der Waals surface area contributed by atoms with Gasteiger partial charge in [0.25, 0.3) is 0 Å². The lowest BCUT2D eigenvalue weighted by Gasteiger charge is -2.30. The quantitative estimate of drug-likeness (QED) is 0.747. The van der Waals surface area contributed by atoms with Gasteiger partial charge in [-0.05, 0) is 25.7 Å². The minimum absolute atomic E-state index is 0.00960. The molecule has 1 amide bonds. The summed E-state index contributed by atoms with van der Waals surface area (Å²) in [7, 11) is -3.18. The van der Waals surface area contributed by atoms with Gasteiger partial charge in [0, 0.05) is 30.6 Å². The van der Waals surface area contributed by atoms with Crippen molar-refractivity contribution in [2.75, 3.05) is 31.6 Å². The molecule has 0 aromatic heterocycles. The molecule has 2 fully saturated rings. The predicted molar refractivity (Wildman–Crippen MR) is 86.9 cm³/mol. The molecule has 21 heavy (non-hydrogen) atoms. The maximum absolute atomic E-state index is 12.1. The highest BCUT2D eigenvalue weighted by atomic mass is 32.2. The fourth-order valence-corrected chi connectivity index (χ4v) is 5.19. The van der Waals surface area contributed by atoms with Crippen LogP contribution in [0.5, 0.6) is 0 Å². The number of nitrogens with zero attached hydrogens (tertiary/aromatic N) is 1. The van der Waals surface area contributed by atoms with Crippen LogP contribution in [-0.4, -0.2) is 55.5 Å². The van der Waals surface area contributed by atoms with E-state index in [9.17, 15) is 13.2 Å². The Bertz CT molecular complexity index is 447. The van der Waals surface area contributed by atoms with E-state index in [2.05, 4.69) is 5.32 Å². The zero-order valence-electron chi connectivity index (χ0n) is 12.7. The molecule has 1 N–H and O–H groups in total. The largest absolute Gasteiger partial charge is 0.355 e. The molecule has 1 saturated carbocycles. The molecular weight excluding hydrogens is 308 g/mol. The Hall–Kier alpha value is -0.270. The molecule has 1 heterocycles. The minimum atomic E-state index is -3.18. The van der Waals surface area contributed by atoms with Crippen molar-refractivity contribution in [1.82, 2.24) is 9.62 Å². The standard InChI is InChI=1S/C14H26N2O3S2/c1-21(18,19)16-9-4-5-12(11-16)14(17)15-8-10-20-13-6-2-3-7-13/h12-13H,2-11H2,1H3,(H,15,17). The van der Waals surface area contributed by atoms with Crippen molar-refractivity contribution in [3.8, 4) is 0 Å². The molecule has 0 aromatic carbocycles. The molecule has 0 spiro atoms. The Kier molecular flexibility index (Phi) is 6.37. The second-order valence-electron chi connectivity index (χ2n) is 6.03. The van der Waals surface area contributed by atoms with Gasteiger partial charge in [-0.15, -0.1) is 0 Å². The van der Waals surface area contributed by atoms with Crippen LogP contribution < -0.4 is 5.32 Å². The molecule has 5 nitrogen and oxygen atoms in total. The van der Waals surface area contributed by atoms with E-state index in [0.717, 1.165) is 23.8 Å². The Morgan fingerprint density at radius 3 is 2.62 bits per heavy atom. The first-order chi connectivity index (χ1) is 9.97. The first-order valence-electron chi connectivity index (χ1n) is 7.81. The first kappa shape index (κ1) is 17.1. The van der Waals surface area contributed by atoms with Crippen molar-refractivity contribution in [2.45, 2.75) is 43.8 Å². The number of hydrogen-bond donors (Lipinski definition) is 1. The number of carbonyl (C=O) groups excluding carboxylic acids is 1. The summed E-state index contributed by atoms with van der Waals surface area (Å²) in [5, 5.41) is 3.74. The van der Waals surface area contributed by atoms with Crippen LogP contribution in [0.1, 0.15) is 38.5 Å². The van der Waals surface area contributed by atoms with Gasteiger partial charge < -0.3 is 5.32 Å². The van der Waals surface area contributed by atoms with E-state index in [1.54, 1.807) is 0 Å². The van der Waals surface area contributed by atoms with Gasteiger partial charge in [-0.2, -0.15) is 11.8 Å². The Morgan fingerprint density at radius 1 is 1.24 bits per heavy atom. The topological polar surface area (TPSA) is 66.5 Å². The van der Waals surface area contributed by atoms with Gasteiger partial charge >= 0.3 is 0 Å². The summed E-state index contributed by atoms with van der Waals surface area (Å²) >= 11 is 1.96. The Balaban J connectivity index is 1.67. The number of rotatable bonds is 6. The summed E-state index contributed by atoms with van der Waals surface area (Å²) in [4.78, 5) is 12.1. The maximum atomic E-state index is 12.1. The van der Waals surface area contributed by atoms with E-state index in [-0.39, 0.29) is 11.8 Å². The van der Waals surface area contributed by atoms with E-state index in [1.807, 2.05) is 11.8 Å². The number of piperidine rings is 1. The molecule has 0 bridgehead atoms. The molecule has 7 heteroatoms. The molecule has 0 aromatic rings. The highest BCUT2D eigenvalue weighted by Crippen LogP contribution is 2.28. The summed E-state index contributed by atoms with van der Waals surface area (Å²) in [6.45, 7) is 1.57. The fraction of sp³-hybridized carbons (Fsp3) is 0.929. The van der Waals surface area contributed by atoms with Crippen molar-refractivity contribution < 1.29 is 13.2 Å². The molecule has 122 valence electrons. The predicted octanol–water partition coefficient (Wildman–Crippen LogP) is 1.45. The average Bonchev–Trinajstić information content (AvgIpc) is 2.96. The summed E-state index contributed by atoms with van der Waals surface area (Å²) in [6.07, 6.45) is 8.07. The molecule has 1 aliphatic carbocycles. The summed E-state index contributed by atoms with van der Waals surface area (Å²) in [5.41, 5.74) is 0. The minimum Gasteiger partial charge on any atom is -0.355 e. The van der Waals surface area contributed by atoms with E-state index < -0.39 is 10.0 Å². The number of thioether (sulfide) groups is 1. The third-order valence-corrected chi connectivity index (χ3v) is 6.93. The number of nitrogens with one attached hydrogen (secondary N) is 1. The zero-order chi connectivity index (χ0) is 15.3. The van der Waals surface area contributed by atoms with Gasteiger partial charge in [-0.1, -0.05) is 12.8 Å². The van der Waals surface area contributed by atoms with E-state index in [0.29, 0.717) is 19.6 Å². The van der Waals surface area contributed by atoms with Crippen LogP contribution in [0, 0.1) is 5.92 Å². The molecule has 1 atom stereocenters. The van der Waals surface area contributed by atoms with Crippen LogP contribution in [0.15, 0.2) is 0 Å². The fourth-order valence-electron chi connectivity index (χ4n) is 3.06. The van der Waals surface area contributed by atoms with Crippen LogP contribution in [0.2, 0.25) is 0 Å². The van der Waals surface area contributed by atoms with Crippen LogP contribution in [0.4, 0.5) is 0 Å². The van der Waals surface area contributed by atoms with Crippen LogP contribution in [0.25, 0.3) is 0 Å². The normalized spacial score (nSPS) is 25.1. The van der Waals surface area contributed by atoms with Gasteiger partial charge in [0.05, 0.1) is 12.2 Å². The SMILES string of the molecule is CS(=O)(=O)N1CCCC(C(=O)NCCSC2CCCC2)C1. The van der Waals surface area contributed by atoms with Gasteiger partial charge in [0.2, 0.25) is 15.9 Å². The van der Waals surface area contributed by atoms with Gasteiger partial charge in [0.1, 0.15) is 0 Å². The first-order valence-corrected chi connectivity index (χ1v) is 10.7.